The van der Waals surface area contributed by atoms with E-state index in [1.54, 1.807) is 0 Å². The van der Waals surface area contributed by atoms with Crippen LogP contribution >= 0.6 is 0 Å². The van der Waals surface area contributed by atoms with Crippen molar-refractivity contribution in [3.05, 3.63) is 0 Å². The van der Waals surface area contributed by atoms with Gasteiger partial charge in [-0.25, -0.2) is 8.78 Å². The Morgan fingerprint density at radius 1 is 1.27 bits per heavy atom. The quantitative estimate of drug-likeness (QED) is 0.651. The van der Waals surface area contributed by atoms with Crippen LogP contribution in [-0.4, -0.2) is 29.5 Å². The Hall–Kier alpha value is -0.180. The van der Waals surface area contributed by atoms with E-state index in [9.17, 15) is 8.78 Å². The molecule has 0 spiro atoms. The molecule has 2 fully saturated rings. The van der Waals surface area contributed by atoms with Crippen LogP contribution in [0.25, 0.3) is 0 Å². The summed E-state index contributed by atoms with van der Waals surface area (Å²) in [4.78, 5) is 2.04. The topological polar surface area (TPSA) is 3.24 Å². The monoisotopic (exact) mass is 217 g/mol. The molecular formula is C12H21F2N. The van der Waals surface area contributed by atoms with Crippen LogP contribution in [0, 0.1) is 5.41 Å². The Kier molecular flexibility index (Phi) is 2.38. The molecule has 88 valence electrons. The third-order valence-electron chi connectivity index (χ3n) is 3.61. The highest BCUT2D eigenvalue weighted by atomic mass is 19.3. The first kappa shape index (κ1) is 11.3. The van der Waals surface area contributed by atoms with Crippen LogP contribution < -0.4 is 0 Å². The normalized spacial score (nSPS) is 35.8. The predicted molar refractivity (Wildman–Crippen MR) is 57.2 cm³/mol. The molecule has 0 N–H and O–H groups in total. The van der Waals surface area contributed by atoms with Crippen LogP contribution in [0.3, 0.4) is 0 Å². The number of halogens is 2. The molecule has 0 aromatic heterocycles. The Morgan fingerprint density at radius 3 is 2.53 bits per heavy atom. The molecule has 0 saturated carbocycles. The van der Waals surface area contributed by atoms with Crippen LogP contribution in [0.1, 0.15) is 46.5 Å². The van der Waals surface area contributed by atoms with Crippen molar-refractivity contribution in [2.24, 2.45) is 5.41 Å². The van der Waals surface area contributed by atoms with Gasteiger partial charge in [-0.1, -0.05) is 20.8 Å². The molecule has 2 saturated heterocycles. The number of hydrogen-bond acceptors (Lipinski definition) is 1. The number of fused-ring (bicyclic) bond motifs is 1. The van der Waals surface area contributed by atoms with Crippen molar-refractivity contribution in [3.8, 4) is 0 Å². The highest BCUT2D eigenvalue weighted by molar-refractivity contribution is 5.07. The maximum Gasteiger partial charge on any atom is 0.262 e. The zero-order chi connectivity index (χ0) is 11.3. The Morgan fingerprint density at radius 2 is 1.93 bits per heavy atom. The van der Waals surface area contributed by atoms with Crippen LogP contribution in [0.5, 0.6) is 0 Å². The lowest BCUT2D eigenvalue weighted by Gasteiger charge is -2.37. The summed E-state index contributed by atoms with van der Waals surface area (Å²) >= 11 is 0. The fraction of sp³-hybridized carbons (Fsp3) is 1.00. The third-order valence-corrected chi connectivity index (χ3v) is 3.61. The van der Waals surface area contributed by atoms with E-state index in [2.05, 4.69) is 20.8 Å². The van der Waals surface area contributed by atoms with Crippen LogP contribution in [-0.2, 0) is 0 Å². The van der Waals surface area contributed by atoms with Gasteiger partial charge in [0.05, 0.1) is 6.54 Å². The first-order chi connectivity index (χ1) is 6.73. The molecule has 1 unspecified atom stereocenters. The van der Waals surface area contributed by atoms with Gasteiger partial charge in [0.15, 0.2) is 0 Å². The Bertz CT molecular complexity index is 257. The number of nitrogens with zero attached hydrogens (tertiary/aromatic N) is 1. The van der Waals surface area contributed by atoms with E-state index in [-0.39, 0.29) is 23.9 Å². The molecule has 0 bridgehead atoms. The molecule has 0 radical (unpaired) electrons. The van der Waals surface area contributed by atoms with Gasteiger partial charge in [0, 0.05) is 12.0 Å². The molecule has 0 aromatic carbocycles. The van der Waals surface area contributed by atoms with Gasteiger partial charge in [-0.05, 0) is 31.2 Å². The van der Waals surface area contributed by atoms with Gasteiger partial charge < -0.3 is 0 Å². The van der Waals surface area contributed by atoms with Crippen molar-refractivity contribution in [1.29, 1.82) is 0 Å². The molecular weight excluding hydrogens is 196 g/mol. The van der Waals surface area contributed by atoms with Crippen molar-refractivity contribution >= 4 is 0 Å². The second kappa shape index (κ2) is 3.16. The molecule has 15 heavy (non-hydrogen) atoms. The standard InChI is InChI=1S/C12H21F2N/c1-10(2,3)7-11-5-4-6-15(11)9-12(13,14)8-11/h4-9H2,1-3H3. The van der Waals surface area contributed by atoms with Crippen molar-refractivity contribution in [1.82, 2.24) is 4.90 Å². The lowest BCUT2D eigenvalue weighted by atomic mass is 9.77. The minimum atomic E-state index is -2.45. The van der Waals surface area contributed by atoms with Crippen molar-refractivity contribution in [2.75, 3.05) is 13.1 Å². The number of alkyl halides is 2. The van der Waals surface area contributed by atoms with Crippen molar-refractivity contribution in [3.63, 3.8) is 0 Å². The van der Waals surface area contributed by atoms with Crippen LogP contribution in [0.2, 0.25) is 0 Å². The zero-order valence-electron chi connectivity index (χ0n) is 9.95. The summed E-state index contributed by atoms with van der Waals surface area (Å²) in [5, 5.41) is 0. The molecule has 0 aliphatic carbocycles. The zero-order valence-corrected chi connectivity index (χ0v) is 9.95. The summed E-state index contributed by atoms with van der Waals surface area (Å²) < 4.78 is 26.9. The van der Waals surface area contributed by atoms with E-state index < -0.39 is 5.92 Å². The van der Waals surface area contributed by atoms with E-state index in [4.69, 9.17) is 0 Å². The average molecular weight is 217 g/mol. The minimum absolute atomic E-state index is 0.0108. The maximum absolute atomic E-state index is 13.4. The molecule has 1 nitrogen and oxygen atoms in total. The average Bonchev–Trinajstić information content (AvgIpc) is 2.34. The predicted octanol–water partition coefficient (Wildman–Crippen LogP) is 3.30. The summed E-state index contributed by atoms with van der Waals surface area (Å²) in [7, 11) is 0. The molecule has 1 atom stereocenters. The van der Waals surface area contributed by atoms with Gasteiger partial charge in [0.1, 0.15) is 0 Å². The third kappa shape index (κ3) is 2.17. The fourth-order valence-electron chi connectivity index (χ4n) is 3.51. The van der Waals surface area contributed by atoms with Gasteiger partial charge in [0.25, 0.3) is 5.92 Å². The molecule has 2 aliphatic rings. The van der Waals surface area contributed by atoms with E-state index in [1.165, 1.54) is 0 Å². The molecule has 0 aromatic rings. The summed E-state index contributed by atoms with van der Waals surface area (Å²) in [5.41, 5.74) is -0.0508. The van der Waals surface area contributed by atoms with Gasteiger partial charge in [-0.3, -0.25) is 4.90 Å². The van der Waals surface area contributed by atoms with E-state index >= 15 is 0 Å². The smallest absolute Gasteiger partial charge is 0.262 e. The van der Waals surface area contributed by atoms with Crippen LogP contribution in [0.15, 0.2) is 0 Å². The molecule has 3 heteroatoms. The van der Waals surface area contributed by atoms with E-state index in [1.807, 2.05) is 4.90 Å². The number of rotatable bonds is 1. The summed E-state index contributed by atoms with van der Waals surface area (Å²) in [5.74, 6) is -2.45. The first-order valence-electron chi connectivity index (χ1n) is 5.86. The Labute approximate surface area is 90.8 Å². The van der Waals surface area contributed by atoms with E-state index in [0.29, 0.717) is 0 Å². The van der Waals surface area contributed by atoms with Crippen molar-refractivity contribution < 1.29 is 8.78 Å². The molecule has 0 amide bonds. The van der Waals surface area contributed by atoms with Gasteiger partial charge in [0.2, 0.25) is 0 Å². The fourth-order valence-corrected chi connectivity index (χ4v) is 3.51. The molecule has 2 aliphatic heterocycles. The second-order valence-electron chi connectivity index (χ2n) is 6.52. The maximum atomic E-state index is 13.4. The molecule has 2 rings (SSSR count). The second-order valence-corrected chi connectivity index (χ2v) is 6.52. The van der Waals surface area contributed by atoms with E-state index in [0.717, 1.165) is 25.8 Å². The van der Waals surface area contributed by atoms with Gasteiger partial charge >= 0.3 is 0 Å². The summed E-state index contributed by atoms with van der Waals surface area (Å²) in [6.07, 6.45) is 3.03. The number of hydrogen-bond donors (Lipinski definition) is 0. The van der Waals surface area contributed by atoms with Gasteiger partial charge in [-0.15, -0.1) is 0 Å². The summed E-state index contributed by atoms with van der Waals surface area (Å²) in [6, 6.07) is 0. The highest BCUT2D eigenvalue weighted by Crippen LogP contribution is 2.50. The van der Waals surface area contributed by atoms with Gasteiger partial charge in [-0.2, -0.15) is 0 Å². The molecule has 2 heterocycles. The summed E-state index contributed by atoms with van der Waals surface area (Å²) in [6.45, 7) is 7.30. The highest BCUT2D eigenvalue weighted by Gasteiger charge is 2.57. The SMILES string of the molecule is CC(C)(C)CC12CCCN1CC(F)(F)C2. The lowest BCUT2D eigenvalue weighted by Crippen LogP contribution is -2.41. The lowest BCUT2D eigenvalue weighted by molar-refractivity contribution is 0.00857. The minimum Gasteiger partial charge on any atom is -0.291 e. The van der Waals surface area contributed by atoms with Crippen LogP contribution in [0.4, 0.5) is 8.78 Å². The largest absolute Gasteiger partial charge is 0.291 e. The van der Waals surface area contributed by atoms with Crippen molar-refractivity contribution in [2.45, 2.75) is 57.9 Å². The Balaban J connectivity index is 2.18. The first-order valence-corrected chi connectivity index (χ1v) is 5.86.